The van der Waals surface area contributed by atoms with Crippen molar-refractivity contribution in [3.63, 3.8) is 0 Å². The monoisotopic (exact) mass is 389 g/mol. The summed E-state index contributed by atoms with van der Waals surface area (Å²) >= 11 is 12.2. The minimum Gasteiger partial charge on any atom is -0.490 e. The predicted octanol–water partition coefficient (Wildman–Crippen LogP) is 5.64. The van der Waals surface area contributed by atoms with Gasteiger partial charge in [0.2, 0.25) is 0 Å². The highest BCUT2D eigenvalue weighted by atomic mass is 35.5. The van der Waals surface area contributed by atoms with E-state index in [1.54, 1.807) is 0 Å². The molecule has 1 amide bonds. The summed E-state index contributed by atoms with van der Waals surface area (Å²) in [5, 5.41) is 3.07. The first-order chi connectivity index (χ1) is 11.9. The quantitative estimate of drug-likeness (QED) is 0.666. The van der Waals surface area contributed by atoms with Crippen LogP contribution in [0.3, 0.4) is 0 Å². The Morgan fingerprint density at radius 3 is 2.28 bits per heavy atom. The fourth-order valence-electron chi connectivity index (χ4n) is 1.96. The molecule has 2 aromatic rings. The van der Waals surface area contributed by atoms with Gasteiger partial charge in [-0.3, -0.25) is 4.79 Å². The van der Waals surface area contributed by atoms with Crippen LogP contribution in [0.25, 0.3) is 0 Å². The van der Waals surface area contributed by atoms with E-state index in [2.05, 4.69) is 10.1 Å². The summed E-state index contributed by atoms with van der Waals surface area (Å²) in [7, 11) is 0. The van der Waals surface area contributed by atoms with Gasteiger partial charge in [-0.1, -0.05) is 30.1 Å². The molecule has 0 saturated carbocycles. The van der Waals surface area contributed by atoms with Gasteiger partial charge in [-0.05, 0) is 42.8 Å². The number of nitrogens with one attached hydrogen (secondary N) is 1. The topological polar surface area (TPSA) is 47.6 Å². The highest BCUT2D eigenvalue weighted by Crippen LogP contribution is 2.34. The first kappa shape index (κ1) is 19.3. The zero-order valence-corrected chi connectivity index (χ0v) is 14.7. The van der Waals surface area contributed by atoms with Crippen LogP contribution in [0.5, 0.6) is 11.5 Å². The molecule has 0 bridgehead atoms. The normalized spacial score (nSPS) is 10.6. The number of rotatable bonds is 7. The fourth-order valence-corrected chi connectivity index (χ4v) is 2.55. The van der Waals surface area contributed by atoms with Crippen molar-refractivity contribution in [1.82, 2.24) is 0 Å². The Bertz CT molecular complexity index is 716. The van der Waals surface area contributed by atoms with Crippen molar-refractivity contribution in [2.45, 2.75) is 20.0 Å². The van der Waals surface area contributed by atoms with Gasteiger partial charge in [0.1, 0.15) is 5.75 Å². The lowest BCUT2D eigenvalue weighted by Crippen LogP contribution is -2.12. The largest absolute Gasteiger partial charge is 0.490 e. The van der Waals surface area contributed by atoms with Gasteiger partial charge in [0, 0.05) is 11.3 Å². The molecule has 0 aromatic heterocycles. The number of halogens is 4. The van der Waals surface area contributed by atoms with E-state index in [0.717, 1.165) is 6.42 Å². The lowest BCUT2D eigenvalue weighted by atomic mass is 10.2. The van der Waals surface area contributed by atoms with Gasteiger partial charge in [-0.25, -0.2) is 0 Å². The van der Waals surface area contributed by atoms with Crippen molar-refractivity contribution in [3.8, 4) is 11.5 Å². The molecule has 0 radical (unpaired) electrons. The van der Waals surface area contributed by atoms with Gasteiger partial charge < -0.3 is 14.8 Å². The molecule has 134 valence electrons. The van der Waals surface area contributed by atoms with Gasteiger partial charge >= 0.3 is 6.61 Å². The van der Waals surface area contributed by atoms with Crippen LogP contribution >= 0.6 is 23.2 Å². The van der Waals surface area contributed by atoms with Crippen molar-refractivity contribution in [2.24, 2.45) is 0 Å². The summed E-state index contributed by atoms with van der Waals surface area (Å²) in [4.78, 5) is 12.3. The Kier molecular flexibility index (Phi) is 6.84. The molecule has 0 unspecified atom stereocenters. The minimum atomic E-state index is -2.90. The zero-order valence-electron chi connectivity index (χ0n) is 13.2. The molecule has 2 rings (SSSR count). The lowest BCUT2D eigenvalue weighted by Gasteiger charge is -2.12. The number of alkyl halides is 2. The maximum Gasteiger partial charge on any atom is 0.387 e. The second kappa shape index (κ2) is 8.87. The summed E-state index contributed by atoms with van der Waals surface area (Å²) in [6.45, 7) is -0.502. The Morgan fingerprint density at radius 1 is 1.16 bits per heavy atom. The van der Waals surface area contributed by atoms with Crippen molar-refractivity contribution >= 4 is 34.8 Å². The van der Waals surface area contributed by atoms with Gasteiger partial charge in [0.05, 0.1) is 16.7 Å². The molecule has 0 aliphatic heterocycles. The van der Waals surface area contributed by atoms with Crippen molar-refractivity contribution in [3.05, 3.63) is 52.0 Å². The Morgan fingerprint density at radius 2 is 1.76 bits per heavy atom. The van der Waals surface area contributed by atoms with Crippen LogP contribution in [0.4, 0.5) is 14.5 Å². The Labute approximate surface area is 153 Å². The summed E-state index contributed by atoms with van der Waals surface area (Å²) in [5.74, 6) is -0.125. The van der Waals surface area contributed by atoms with E-state index in [1.807, 2.05) is 6.92 Å². The predicted molar refractivity (Wildman–Crippen MR) is 93.3 cm³/mol. The van der Waals surface area contributed by atoms with E-state index >= 15 is 0 Å². The Balaban J connectivity index is 2.10. The number of carbonyl (C=O) groups is 1. The number of amides is 1. The molecule has 4 nitrogen and oxygen atoms in total. The van der Waals surface area contributed by atoms with E-state index in [1.165, 1.54) is 36.4 Å². The molecule has 1 N–H and O–H groups in total. The number of hydrogen-bond acceptors (Lipinski definition) is 3. The number of carbonyl (C=O) groups excluding carboxylic acids is 1. The molecule has 0 atom stereocenters. The first-order valence-corrected chi connectivity index (χ1v) is 8.14. The van der Waals surface area contributed by atoms with Crippen LogP contribution < -0.4 is 14.8 Å². The highest BCUT2D eigenvalue weighted by molar-refractivity contribution is 6.37. The average Bonchev–Trinajstić information content (AvgIpc) is 2.55. The van der Waals surface area contributed by atoms with E-state index in [9.17, 15) is 13.6 Å². The van der Waals surface area contributed by atoms with Crippen molar-refractivity contribution < 1.29 is 23.0 Å². The molecule has 8 heteroatoms. The van der Waals surface area contributed by atoms with E-state index in [0.29, 0.717) is 18.0 Å². The third-order valence-electron chi connectivity index (χ3n) is 3.05. The number of ether oxygens (including phenoxy) is 2. The lowest BCUT2D eigenvalue weighted by molar-refractivity contribution is -0.0498. The van der Waals surface area contributed by atoms with Crippen LogP contribution in [-0.2, 0) is 0 Å². The molecule has 0 heterocycles. The first-order valence-electron chi connectivity index (χ1n) is 7.38. The van der Waals surface area contributed by atoms with Crippen LogP contribution in [0, 0.1) is 0 Å². The maximum absolute atomic E-state index is 12.3. The van der Waals surface area contributed by atoms with Gasteiger partial charge in [0.15, 0.2) is 5.75 Å². The molecule has 2 aromatic carbocycles. The number of anilines is 1. The third-order valence-corrected chi connectivity index (χ3v) is 3.61. The fraction of sp³-hybridized carbons (Fsp3) is 0.235. The molecule has 0 spiro atoms. The molecule has 0 aliphatic rings. The third kappa shape index (κ3) is 5.47. The van der Waals surface area contributed by atoms with Crippen LogP contribution in [0.2, 0.25) is 10.0 Å². The zero-order chi connectivity index (χ0) is 18.4. The summed E-state index contributed by atoms with van der Waals surface area (Å²) in [5.41, 5.74) is 0.650. The molecular formula is C17H15Cl2F2NO3. The second-order valence-corrected chi connectivity index (χ2v) is 5.79. The van der Waals surface area contributed by atoms with Crippen molar-refractivity contribution in [1.29, 1.82) is 0 Å². The Hall–Kier alpha value is -2.05. The van der Waals surface area contributed by atoms with Gasteiger partial charge in [-0.15, -0.1) is 0 Å². The SMILES string of the molecule is CCCOc1c(Cl)cc(C(=O)Nc2ccc(OC(F)F)cc2)cc1Cl. The maximum atomic E-state index is 12.3. The van der Waals surface area contributed by atoms with Gasteiger partial charge in [-0.2, -0.15) is 8.78 Å². The highest BCUT2D eigenvalue weighted by Gasteiger charge is 2.14. The summed E-state index contributed by atoms with van der Waals surface area (Å²) < 4.78 is 33.9. The second-order valence-electron chi connectivity index (χ2n) is 4.97. The average molecular weight is 390 g/mol. The van der Waals surface area contributed by atoms with E-state index in [-0.39, 0.29) is 21.4 Å². The summed E-state index contributed by atoms with van der Waals surface area (Å²) in [6, 6.07) is 8.42. The number of benzene rings is 2. The van der Waals surface area contributed by atoms with E-state index in [4.69, 9.17) is 27.9 Å². The smallest absolute Gasteiger partial charge is 0.387 e. The molecule has 0 aliphatic carbocycles. The van der Waals surface area contributed by atoms with E-state index < -0.39 is 12.5 Å². The molecule has 0 saturated heterocycles. The molecule has 0 fully saturated rings. The van der Waals surface area contributed by atoms with Crippen molar-refractivity contribution in [2.75, 3.05) is 11.9 Å². The standard InChI is InChI=1S/C17H15Cl2F2NO3/c1-2-7-24-15-13(18)8-10(9-14(15)19)16(23)22-11-3-5-12(6-4-11)25-17(20)21/h3-6,8-9,17H,2,7H2,1H3,(H,22,23). The minimum absolute atomic E-state index is 0.00323. The number of hydrogen-bond donors (Lipinski definition) is 1. The van der Waals surface area contributed by atoms with Gasteiger partial charge in [0.25, 0.3) is 5.91 Å². The molecule has 25 heavy (non-hydrogen) atoms. The van der Waals surface area contributed by atoms with Crippen LogP contribution in [0.1, 0.15) is 23.7 Å². The molecular weight excluding hydrogens is 375 g/mol. The summed E-state index contributed by atoms with van der Waals surface area (Å²) in [6.07, 6.45) is 0.792. The van der Waals surface area contributed by atoms with Crippen LogP contribution in [-0.4, -0.2) is 19.1 Å². The van der Waals surface area contributed by atoms with Crippen LogP contribution in [0.15, 0.2) is 36.4 Å².